The molecule has 1 heterocycles. The summed E-state index contributed by atoms with van der Waals surface area (Å²) in [7, 11) is 1.61. The third-order valence-electron chi connectivity index (χ3n) is 1.43. The van der Waals surface area contributed by atoms with Gasteiger partial charge in [-0.1, -0.05) is 6.42 Å². The number of amides is 1. The van der Waals surface area contributed by atoms with Crippen molar-refractivity contribution in [3.63, 3.8) is 0 Å². The van der Waals surface area contributed by atoms with Gasteiger partial charge in [-0.25, -0.2) is 0 Å². The van der Waals surface area contributed by atoms with Crippen molar-refractivity contribution < 1.29 is 9.22 Å². The lowest BCUT2D eigenvalue weighted by Crippen LogP contribution is -2.11. The van der Waals surface area contributed by atoms with Gasteiger partial charge in [0.2, 0.25) is 5.91 Å². The lowest BCUT2D eigenvalue weighted by molar-refractivity contribution is -0.118. The summed E-state index contributed by atoms with van der Waals surface area (Å²) >= 11 is 0. The van der Waals surface area contributed by atoms with Crippen LogP contribution in [0, 0.1) is 0 Å². The zero-order valence-electron chi connectivity index (χ0n) is 7.35. The maximum atomic E-state index is 9.70. The van der Waals surface area contributed by atoms with E-state index in [1.807, 2.05) is 0 Å². The lowest BCUT2D eigenvalue weighted by Gasteiger charge is -2.07. The third kappa shape index (κ3) is 9.65. The normalized spacial score (nSPS) is 18.4. The van der Waals surface area contributed by atoms with Crippen LogP contribution in [-0.4, -0.2) is 29.3 Å². The van der Waals surface area contributed by atoms with Gasteiger partial charge in [-0.05, 0) is 12.5 Å². The molecular formula is C7H17NO2Si. The van der Waals surface area contributed by atoms with Gasteiger partial charge in [0.1, 0.15) is 0 Å². The lowest BCUT2D eigenvalue weighted by atomic mass is 10.4. The average Bonchev–Trinajstić information content (AvgIpc) is 2.09. The average molecular weight is 175 g/mol. The van der Waals surface area contributed by atoms with Crippen LogP contribution in [0.1, 0.15) is 19.8 Å². The summed E-state index contributed by atoms with van der Waals surface area (Å²) < 4.78 is 5.21. The van der Waals surface area contributed by atoms with Crippen LogP contribution in [0.3, 0.4) is 0 Å². The van der Waals surface area contributed by atoms with E-state index in [2.05, 4.69) is 5.32 Å². The van der Waals surface area contributed by atoms with E-state index >= 15 is 0 Å². The number of rotatable bonds is 0. The molecule has 0 bridgehead atoms. The zero-order valence-corrected chi connectivity index (χ0v) is 8.77. The highest BCUT2D eigenvalue weighted by Gasteiger charge is 1.96. The van der Waals surface area contributed by atoms with Crippen LogP contribution in [0.5, 0.6) is 0 Å². The van der Waals surface area contributed by atoms with Gasteiger partial charge >= 0.3 is 0 Å². The first kappa shape index (κ1) is 10.6. The van der Waals surface area contributed by atoms with Gasteiger partial charge in [-0.3, -0.25) is 4.79 Å². The van der Waals surface area contributed by atoms with Gasteiger partial charge in [0.25, 0.3) is 0 Å². The van der Waals surface area contributed by atoms with Crippen molar-refractivity contribution in [1.82, 2.24) is 5.32 Å². The molecule has 1 rings (SSSR count). The SMILES string of the molecule is C1CC[SiH2]OC1.CNC(C)=O. The van der Waals surface area contributed by atoms with E-state index in [4.69, 9.17) is 4.43 Å². The van der Waals surface area contributed by atoms with Crippen LogP contribution >= 0.6 is 0 Å². The molecule has 0 atom stereocenters. The molecule has 0 aromatic carbocycles. The molecule has 0 aliphatic carbocycles. The van der Waals surface area contributed by atoms with Crippen LogP contribution in [0.4, 0.5) is 0 Å². The van der Waals surface area contributed by atoms with E-state index < -0.39 is 0 Å². The van der Waals surface area contributed by atoms with E-state index in [-0.39, 0.29) is 15.7 Å². The fourth-order valence-electron chi connectivity index (χ4n) is 0.687. The number of hydrogen-bond donors (Lipinski definition) is 1. The molecule has 1 amide bonds. The van der Waals surface area contributed by atoms with Gasteiger partial charge in [0.05, 0.1) is 0 Å². The number of hydrogen-bond acceptors (Lipinski definition) is 2. The minimum atomic E-state index is 0.00463. The molecular weight excluding hydrogens is 158 g/mol. The van der Waals surface area contributed by atoms with E-state index in [0.717, 1.165) is 6.61 Å². The maximum Gasteiger partial charge on any atom is 0.216 e. The Kier molecular flexibility index (Phi) is 7.50. The topological polar surface area (TPSA) is 38.3 Å². The molecule has 1 saturated heterocycles. The molecule has 1 fully saturated rings. The minimum absolute atomic E-state index is 0.00463. The molecule has 1 aliphatic rings. The Morgan fingerprint density at radius 2 is 2.18 bits per heavy atom. The Hall–Kier alpha value is -0.353. The standard InChI is InChI=1S/C4H10OSi.C3H7NO/c1-2-4-6-5-3-1;1-3(5)4-2/h1-4,6H2;1-2H3,(H,4,5). The highest BCUT2D eigenvalue weighted by atomic mass is 28.2. The van der Waals surface area contributed by atoms with E-state index in [0.29, 0.717) is 0 Å². The van der Waals surface area contributed by atoms with Crippen LogP contribution in [-0.2, 0) is 9.22 Å². The smallest absolute Gasteiger partial charge is 0.216 e. The molecule has 0 saturated carbocycles. The minimum Gasteiger partial charge on any atom is -0.424 e. The zero-order chi connectivity index (χ0) is 8.53. The summed E-state index contributed by atoms with van der Waals surface area (Å²) in [5, 5.41) is 2.39. The van der Waals surface area contributed by atoms with Crippen LogP contribution in [0.15, 0.2) is 0 Å². The predicted molar refractivity (Wildman–Crippen MR) is 48.3 cm³/mol. The van der Waals surface area contributed by atoms with Crippen LogP contribution in [0.25, 0.3) is 0 Å². The van der Waals surface area contributed by atoms with Crippen molar-refractivity contribution in [1.29, 1.82) is 0 Å². The van der Waals surface area contributed by atoms with Crippen molar-refractivity contribution in [3.05, 3.63) is 0 Å². The molecule has 1 aliphatic heterocycles. The third-order valence-corrected chi connectivity index (χ3v) is 2.80. The number of nitrogens with one attached hydrogen (secondary N) is 1. The fraction of sp³-hybridized carbons (Fsp3) is 0.857. The highest BCUT2D eigenvalue weighted by Crippen LogP contribution is 2.01. The van der Waals surface area contributed by atoms with Gasteiger partial charge < -0.3 is 9.74 Å². The second-order valence-electron chi connectivity index (χ2n) is 2.48. The highest BCUT2D eigenvalue weighted by molar-refractivity contribution is 6.27. The summed E-state index contributed by atoms with van der Waals surface area (Å²) in [6, 6.07) is 1.42. The Morgan fingerprint density at radius 1 is 1.55 bits per heavy atom. The Balaban J connectivity index is 0.000000187. The summed E-state index contributed by atoms with van der Waals surface area (Å²) in [5.74, 6) is 0.00463. The van der Waals surface area contributed by atoms with Crippen molar-refractivity contribution in [2.24, 2.45) is 0 Å². The first-order valence-corrected chi connectivity index (χ1v) is 5.61. The molecule has 1 N–H and O–H groups in total. The molecule has 11 heavy (non-hydrogen) atoms. The molecule has 3 nitrogen and oxygen atoms in total. The maximum absolute atomic E-state index is 9.70. The molecule has 0 radical (unpaired) electrons. The monoisotopic (exact) mass is 175 g/mol. The van der Waals surface area contributed by atoms with Crippen molar-refractivity contribution in [2.75, 3.05) is 13.7 Å². The summed E-state index contributed by atoms with van der Waals surface area (Å²) in [6.07, 6.45) is 2.75. The van der Waals surface area contributed by atoms with Crippen molar-refractivity contribution >= 4 is 15.7 Å². The molecule has 0 unspecified atom stereocenters. The number of carbonyl (C=O) groups excluding carboxylic acids is 1. The van der Waals surface area contributed by atoms with Crippen LogP contribution in [0.2, 0.25) is 6.04 Å². The van der Waals surface area contributed by atoms with Gasteiger partial charge in [0, 0.05) is 20.6 Å². The molecule has 0 aromatic rings. The number of carbonyl (C=O) groups is 1. The summed E-state index contributed by atoms with van der Waals surface area (Å²) in [6.45, 7) is 2.53. The van der Waals surface area contributed by atoms with Crippen molar-refractivity contribution in [3.8, 4) is 0 Å². The fourth-order valence-corrected chi connectivity index (χ4v) is 1.86. The largest absolute Gasteiger partial charge is 0.424 e. The van der Waals surface area contributed by atoms with E-state index in [9.17, 15) is 4.79 Å². The van der Waals surface area contributed by atoms with Gasteiger partial charge in [0.15, 0.2) is 9.76 Å². The Labute approximate surface area is 70.5 Å². The Morgan fingerprint density at radius 3 is 2.27 bits per heavy atom. The first-order valence-electron chi connectivity index (χ1n) is 4.03. The second kappa shape index (κ2) is 7.75. The molecule has 4 heteroatoms. The molecule has 0 spiro atoms. The first-order chi connectivity index (χ1) is 5.27. The summed E-state index contributed by atoms with van der Waals surface area (Å²) in [5.41, 5.74) is 0. The summed E-state index contributed by atoms with van der Waals surface area (Å²) in [4.78, 5) is 9.70. The molecule has 66 valence electrons. The van der Waals surface area contributed by atoms with Gasteiger partial charge in [-0.15, -0.1) is 0 Å². The van der Waals surface area contributed by atoms with Gasteiger partial charge in [-0.2, -0.15) is 0 Å². The van der Waals surface area contributed by atoms with E-state index in [1.54, 1.807) is 7.05 Å². The Bertz CT molecular complexity index is 93.1. The van der Waals surface area contributed by atoms with Crippen molar-refractivity contribution in [2.45, 2.75) is 25.8 Å². The van der Waals surface area contributed by atoms with E-state index in [1.165, 1.54) is 25.8 Å². The van der Waals surface area contributed by atoms with Crippen LogP contribution < -0.4 is 5.32 Å². The molecule has 0 aromatic heterocycles. The predicted octanol–water partition coefficient (Wildman–Crippen LogP) is 0.0512. The second-order valence-corrected chi connectivity index (χ2v) is 4.00. The quantitative estimate of drug-likeness (QED) is 0.528.